The molecule has 0 fully saturated rings. The van der Waals surface area contributed by atoms with Crippen LogP contribution in [0.4, 0.5) is 0 Å². The highest BCUT2D eigenvalue weighted by atomic mass is 35.5. The van der Waals surface area contributed by atoms with Gasteiger partial charge < -0.3 is 10.4 Å². The molecule has 2 N–H and O–H groups in total. The van der Waals surface area contributed by atoms with Crippen molar-refractivity contribution in [2.24, 2.45) is 0 Å². The minimum absolute atomic E-state index is 0.308. The van der Waals surface area contributed by atoms with Crippen LogP contribution in [0.2, 0.25) is 0 Å². The Labute approximate surface area is 73.3 Å². The van der Waals surface area contributed by atoms with Gasteiger partial charge >= 0.3 is 0 Å². The normalized spacial score (nSPS) is 14.6. The molecule has 0 bridgehead atoms. The average Bonchev–Trinajstić information content (AvgIpc) is 1.84. The molecule has 0 heterocycles. The van der Waals surface area contributed by atoms with Crippen molar-refractivity contribution < 1.29 is 5.11 Å². The highest BCUT2D eigenvalue weighted by molar-refractivity contribution is 6.29. The fraction of sp³-hybridized carbons (Fsp3) is 0.750. The van der Waals surface area contributed by atoms with Crippen LogP contribution in [0.3, 0.4) is 0 Å². The van der Waals surface area contributed by atoms with E-state index >= 15 is 0 Å². The van der Waals surface area contributed by atoms with Crippen LogP contribution in [0.5, 0.6) is 0 Å². The van der Waals surface area contributed by atoms with Crippen LogP contribution in [-0.4, -0.2) is 23.3 Å². The number of aliphatic hydroxyl groups is 1. The molecule has 0 spiro atoms. The molecule has 0 aliphatic rings. The average molecular weight is 178 g/mol. The van der Waals surface area contributed by atoms with Gasteiger partial charge in [-0.2, -0.15) is 0 Å². The van der Waals surface area contributed by atoms with Crippen molar-refractivity contribution in [1.29, 1.82) is 0 Å². The number of rotatable bonds is 4. The maximum Gasteiger partial charge on any atom is 0.0688 e. The minimum Gasteiger partial charge on any atom is -0.392 e. The Morgan fingerprint density at radius 3 is 2.45 bits per heavy atom. The molecule has 2 nitrogen and oxygen atoms in total. The first-order valence-electron chi connectivity index (χ1n) is 3.62. The van der Waals surface area contributed by atoms with Gasteiger partial charge in [-0.1, -0.05) is 18.2 Å². The van der Waals surface area contributed by atoms with Gasteiger partial charge in [0.15, 0.2) is 0 Å². The molecule has 0 aliphatic carbocycles. The third-order valence-electron chi connectivity index (χ3n) is 1.78. The Bertz CT molecular complexity index is 143. The Balaban J connectivity index is 3.82. The lowest BCUT2D eigenvalue weighted by Crippen LogP contribution is -2.48. The monoisotopic (exact) mass is 177 g/mol. The first-order valence-corrected chi connectivity index (χ1v) is 4.00. The first kappa shape index (κ1) is 11.0. The zero-order valence-electron chi connectivity index (χ0n) is 7.32. The van der Waals surface area contributed by atoms with Crippen LogP contribution in [0, 0.1) is 0 Å². The van der Waals surface area contributed by atoms with E-state index in [-0.39, 0.29) is 5.54 Å². The highest BCUT2D eigenvalue weighted by Gasteiger charge is 2.22. The topological polar surface area (TPSA) is 32.3 Å². The molecule has 0 radical (unpaired) electrons. The van der Waals surface area contributed by atoms with Gasteiger partial charge in [0, 0.05) is 17.1 Å². The summed E-state index contributed by atoms with van der Waals surface area (Å²) in [7, 11) is 0. The lowest BCUT2D eigenvalue weighted by atomic mass is 9.99. The van der Waals surface area contributed by atoms with E-state index in [2.05, 4.69) is 11.9 Å². The molecule has 0 aliphatic heterocycles. The third kappa shape index (κ3) is 4.40. The third-order valence-corrected chi connectivity index (χ3v) is 1.91. The molecular weight excluding hydrogens is 162 g/mol. The molecule has 0 aromatic rings. The van der Waals surface area contributed by atoms with Crippen molar-refractivity contribution in [3.63, 3.8) is 0 Å². The Morgan fingerprint density at radius 1 is 1.73 bits per heavy atom. The summed E-state index contributed by atoms with van der Waals surface area (Å²) in [5.74, 6) is 0. The van der Waals surface area contributed by atoms with Gasteiger partial charge in [-0.05, 0) is 20.8 Å². The summed E-state index contributed by atoms with van der Waals surface area (Å²) in [5, 5.41) is 12.9. The summed E-state index contributed by atoms with van der Waals surface area (Å²) in [4.78, 5) is 0. The number of nitrogens with one attached hydrogen (secondary N) is 1. The molecule has 0 rings (SSSR count). The molecule has 1 atom stereocenters. The van der Waals surface area contributed by atoms with Crippen LogP contribution >= 0.6 is 11.6 Å². The van der Waals surface area contributed by atoms with Crippen molar-refractivity contribution in [1.82, 2.24) is 5.32 Å². The highest BCUT2D eigenvalue weighted by Crippen LogP contribution is 2.09. The van der Waals surface area contributed by atoms with Crippen molar-refractivity contribution in [2.45, 2.75) is 32.4 Å². The Hall–Kier alpha value is -0.0500. The first-order chi connectivity index (χ1) is 4.86. The van der Waals surface area contributed by atoms with E-state index in [9.17, 15) is 5.11 Å². The number of hydrogen-bond acceptors (Lipinski definition) is 2. The number of hydrogen-bond donors (Lipinski definition) is 2. The summed E-state index contributed by atoms with van der Waals surface area (Å²) in [5.41, 5.74) is -0.308. The zero-order chi connectivity index (χ0) is 9.07. The van der Waals surface area contributed by atoms with E-state index < -0.39 is 6.10 Å². The summed E-state index contributed by atoms with van der Waals surface area (Å²) in [6.07, 6.45) is -0.404. The molecule has 0 aromatic heterocycles. The lowest BCUT2D eigenvalue weighted by molar-refractivity contribution is 0.0992. The number of halogens is 1. The molecule has 0 saturated carbocycles. The number of aliphatic hydroxyl groups excluding tert-OH is 1. The maximum absolute atomic E-state index is 9.26. The quantitative estimate of drug-likeness (QED) is 0.682. The summed E-state index contributed by atoms with van der Waals surface area (Å²) >= 11 is 5.55. The molecule has 11 heavy (non-hydrogen) atoms. The summed E-state index contributed by atoms with van der Waals surface area (Å²) < 4.78 is 0. The van der Waals surface area contributed by atoms with Gasteiger partial charge in [0.2, 0.25) is 0 Å². The molecule has 0 saturated heterocycles. The van der Waals surface area contributed by atoms with Crippen LogP contribution < -0.4 is 5.32 Å². The Kier molecular flexibility index (Phi) is 4.08. The summed E-state index contributed by atoms with van der Waals surface area (Å²) in [6.45, 7) is 9.63. The molecule has 0 amide bonds. The van der Waals surface area contributed by atoms with E-state index in [0.29, 0.717) is 11.6 Å². The molecule has 1 unspecified atom stereocenters. The van der Waals surface area contributed by atoms with Crippen molar-refractivity contribution >= 4 is 11.6 Å². The second-order valence-electron chi connectivity index (χ2n) is 3.27. The predicted octanol–water partition coefficient (Wildman–Crippen LogP) is 1.49. The van der Waals surface area contributed by atoms with Gasteiger partial charge in [0.25, 0.3) is 0 Å². The van der Waals surface area contributed by atoms with Gasteiger partial charge in [0.05, 0.1) is 6.10 Å². The van der Waals surface area contributed by atoms with E-state index in [1.807, 2.05) is 13.8 Å². The van der Waals surface area contributed by atoms with E-state index in [1.54, 1.807) is 6.92 Å². The van der Waals surface area contributed by atoms with E-state index in [0.717, 1.165) is 0 Å². The van der Waals surface area contributed by atoms with Crippen molar-refractivity contribution in [3.05, 3.63) is 11.6 Å². The van der Waals surface area contributed by atoms with Gasteiger partial charge in [0.1, 0.15) is 0 Å². The molecule has 0 aromatic carbocycles. The van der Waals surface area contributed by atoms with Crippen molar-refractivity contribution in [3.8, 4) is 0 Å². The zero-order valence-corrected chi connectivity index (χ0v) is 8.07. The molecule has 66 valence electrons. The van der Waals surface area contributed by atoms with E-state index in [4.69, 9.17) is 11.6 Å². The largest absolute Gasteiger partial charge is 0.392 e. The van der Waals surface area contributed by atoms with Gasteiger partial charge in [-0.25, -0.2) is 0 Å². The maximum atomic E-state index is 9.26. The second-order valence-corrected chi connectivity index (χ2v) is 3.80. The van der Waals surface area contributed by atoms with E-state index in [1.165, 1.54) is 0 Å². The Morgan fingerprint density at radius 2 is 2.18 bits per heavy atom. The molecule has 3 heteroatoms. The van der Waals surface area contributed by atoms with Crippen LogP contribution in [0.25, 0.3) is 0 Å². The van der Waals surface area contributed by atoms with Gasteiger partial charge in [-0.15, -0.1) is 0 Å². The fourth-order valence-electron chi connectivity index (χ4n) is 0.471. The smallest absolute Gasteiger partial charge is 0.0688 e. The van der Waals surface area contributed by atoms with Crippen LogP contribution in [0.1, 0.15) is 20.8 Å². The van der Waals surface area contributed by atoms with Crippen LogP contribution in [-0.2, 0) is 0 Å². The minimum atomic E-state index is -0.404. The fourth-order valence-corrected chi connectivity index (χ4v) is 0.538. The summed E-state index contributed by atoms with van der Waals surface area (Å²) in [6, 6.07) is 0. The van der Waals surface area contributed by atoms with Crippen molar-refractivity contribution in [2.75, 3.05) is 6.54 Å². The lowest BCUT2D eigenvalue weighted by Gasteiger charge is -2.29. The molecular formula is C8H16ClNO. The second kappa shape index (κ2) is 4.10. The van der Waals surface area contributed by atoms with Crippen LogP contribution in [0.15, 0.2) is 11.6 Å². The van der Waals surface area contributed by atoms with Gasteiger partial charge in [-0.3, -0.25) is 0 Å². The predicted molar refractivity (Wildman–Crippen MR) is 48.8 cm³/mol. The SMILES string of the molecule is C=C(Cl)CNC(C)(C)C(C)O. The standard InChI is InChI=1S/C8H16ClNO/c1-6(9)5-10-8(3,4)7(2)11/h7,10-11H,1,5H2,2-4H3.